The zero-order valence-corrected chi connectivity index (χ0v) is 11.4. The Labute approximate surface area is 123 Å². The van der Waals surface area contributed by atoms with Crippen LogP contribution in [0.2, 0.25) is 0 Å². The molecule has 0 aliphatic rings. The highest BCUT2D eigenvalue weighted by molar-refractivity contribution is 6.08. The van der Waals surface area contributed by atoms with E-state index in [4.69, 9.17) is 0 Å². The van der Waals surface area contributed by atoms with E-state index in [-0.39, 0.29) is 17.1 Å². The van der Waals surface area contributed by atoms with Crippen LogP contribution in [0.5, 0.6) is 0 Å². The van der Waals surface area contributed by atoms with E-state index in [0.29, 0.717) is 6.07 Å². The van der Waals surface area contributed by atoms with Crippen molar-refractivity contribution in [2.75, 3.05) is 12.4 Å². The van der Waals surface area contributed by atoms with Gasteiger partial charge in [0.25, 0.3) is 0 Å². The molecule has 0 atom stereocenters. The molecule has 0 aromatic heterocycles. The molecule has 0 saturated heterocycles. The Morgan fingerprint density at radius 2 is 1.77 bits per heavy atom. The van der Waals surface area contributed by atoms with Crippen LogP contribution in [0.1, 0.15) is 11.1 Å². The van der Waals surface area contributed by atoms with E-state index in [1.165, 1.54) is 19.2 Å². The maximum Gasteiger partial charge on any atom is 0.416 e. The molecule has 0 bridgehead atoms. The van der Waals surface area contributed by atoms with Crippen LogP contribution >= 0.6 is 0 Å². The minimum Gasteiger partial charge on any atom is -0.338 e. The molecule has 0 radical (unpaired) electrons. The van der Waals surface area contributed by atoms with E-state index in [9.17, 15) is 22.0 Å². The molecule has 2 nitrogen and oxygen atoms in total. The van der Waals surface area contributed by atoms with E-state index in [1.807, 2.05) is 0 Å². The third kappa shape index (κ3) is 3.60. The number of hydrogen-bond acceptors (Lipinski definition) is 1. The number of halogens is 5. The summed E-state index contributed by atoms with van der Waals surface area (Å²) in [7, 11) is 1.35. The molecule has 0 aliphatic heterocycles. The van der Waals surface area contributed by atoms with Crippen molar-refractivity contribution in [2.45, 2.75) is 6.18 Å². The molecular formula is C15H11F5N2. The summed E-state index contributed by atoms with van der Waals surface area (Å²) in [6.07, 6.45) is -4.49. The number of aliphatic imine (C=N–C) groups is 1. The van der Waals surface area contributed by atoms with Crippen molar-refractivity contribution < 1.29 is 22.0 Å². The first kappa shape index (κ1) is 15.9. The van der Waals surface area contributed by atoms with Crippen LogP contribution in [0, 0.1) is 11.6 Å². The van der Waals surface area contributed by atoms with Gasteiger partial charge in [-0.05, 0) is 24.3 Å². The maximum atomic E-state index is 13.6. The van der Waals surface area contributed by atoms with E-state index in [1.54, 1.807) is 0 Å². The highest BCUT2D eigenvalue weighted by atomic mass is 19.4. The van der Waals surface area contributed by atoms with Gasteiger partial charge in [0.15, 0.2) is 0 Å². The fourth-order valence-corrected chi connectivity index (χ4v) is 1.82. The highest BCUT2D eigenvalue weighted by Crippen LogP contribution is 2.29. The Balaban J connectivity index is 2.33. The number of nitrogens with zero attached hydrogens (tertiary/aromatic N) is 1. The number of alkyl halides is 3. The molecule has 116 valence electrons. The second-order valence-corrected chi connectivity index (χ2v) is 4.40. The van der Waals surface area contributed by atoms with Crippen molar-refractivity contribution in [1.29, 1.82) is 0 Å². The Hall–Kier alpha value is -2.44. The molecule has 2 rings (SSSR count). The van der Waals surface area contributed by atoms with Crippen molar-refractivity contribution >= 4 is 11.5 Å². The van der Waals surface area contributed by atoms with Crippen LogP contribution < -0.4 is 5.32 Å². The van der Waals surface area contributed by atoms with Gasteiger partial charge in [0.1, 0.15) is 17.5 Å². The molecule has 0 heterocycles. The molecule has 1 N–H and O–H groups in total. The average Bonchev–Trinajstić information content (AvgIpc) is 2.46. The second-order valence-electron chi connectivity index (χ2n) is 4.40. The SMILES string of the molecule is CN=C(Nc1ccc(F)cc1F)c1cccc(C(F)(F)F)c1. The molecule has 2 aromatic carbocycles. The van der Waals surface area contributed by atoms with Gasteiger partial charge < -0.3 is 5.32 Å². The van der Waals surface area contributed by atoms with Crippen LogP contribution in [0.4, 0.5) is 27.6 Å². The molecule has 22 heavy (non-hydrogen) atoms. The Morgan fingerprint density at radius 1 is 1.05 bits per heavy atom. The van der Waals surface area contributed by atoms with Gasteiger partial charge in [-0.3, -0.25) is 4.99 Å². The smallest absolute Gasteiger partial charge is 0.338 e. The van der Waals surface area contributed by atoms with Crippen LogP contribution in [0.15, 0.2) is 47.5 Å². The third-order valence-corrected chi connectivity index (χ3v) is 2.87. The van der Waals surface area contributed by atoms with E-state index < -0.39 is 23.4 Å². The van der Waals surface area contributed by atoms with Crippen LogP contribution in [-0.2, 0) is 6.18 Å². The van der Waals surface area contributed by atoms with E-state index >= 15 is 0 Å². The summed E-state index contributed by atoms with van der Waals surface area (Å²) in [6.45, 7) is 0. The standard InChI is InChI=1S/C15H11F5N2/c1-21-14(22-13-6-5-11(16)8-12(13)17)9-3-2-4-10(7-9)15(18,19)20/h2-8H,1H3,(H,21,22). The molecule has 0 amide bonds. The van der Waals surface area contributed by atoms with Gasteiger partial charge in [-0.15, -0.1) is 0 Å². The first-order valence-corrected chi connectivity index (χ1v) is 6.18. The Morgan fingerprint density at radius 3 is 2.36 bits per heavy atom. The number of amidine groups is 1. The van der Waals surface area contributed by atoms with Crippen molar-refractivity contribution in [3.63, 3.8) is 0 Å². The number of benzene rings is 2. The normalized spacial score (nSPS) is 12.4. The zero-order chi connectivity index (χ0) is 16.3. The zero-order valence-electron chi connectivity index (χ0n) is 11.4. The lowest BCUT2D eigenvalue weighted by Crippen LogP contribution is -2.16. The van der Waals surface area contributed by atoms with Crippen molar-refractivity contribution in [3.05, 3.63) is 65.2 Å². The second kappa shape index (κ2) is 6.13. The van der Waals surface area contributed by atoms with Gasteiger partial charge in [-0.1, -0.05) is 12.1 Å². The lowest BCUT2D eigenvalue weighted by atomic mass is 10.1. The fourth-order valence-electron chi connectivity index (χ4n) is 1.82. The number of nitrogens with one attached hydrogen (secondary N) is 1. The van der Waals surface area contributed by atoms with Gasteiger partial charge in [0, 0.05) is 18.7 Å². The largest absolute Gasteiger partial charge is 0.416 e. The monoisotopic (exact) mass is 314 g/mol. The molecule has 2 aromatic rings. The number of rotatable bonds is 2. The Bertz CT molecular complexity index is 707. The minimum atomic E-state index is -4.49. The highest BCUT2D eigenvalue weighted by Gasteiger charge is 2.30. The number of hydrogen-bond donors (Lipinski definition) is 1. The van der Waals surface area contributed by atoms with Crippen LogP contribution in [0.3, 0.4) is 0 Å². The van der Waals surface area contributed by atoms with Crippen molar-refractivity contribution in [2.24, 2.45) is 4.99 Å². The summed E-state index contributed by atoms with van der Waals surface area (Å²) in [5.41, 5.74) is -0.784. The summed E-state index contributed by atoms with van der Waals surface area (Å²) in [4.78, 5) is 3.82. The lowest BCUT2D eigenvalue weighted by molar-refractivity contribution is -0.137. The molecule has 7 heteroatoms. The summed E-state index contributed by atoms with van der Waals surface area (Å²) in [6, 6.07) is 7.31. The summed E-state index contributed by atoms with van der Waals surface area (Å²) in [5.74, 6) is -1.58. The molecule has 0 saturated carbocycles. The molecule has 0 fully saturated rings. The molecule has 0 aliphatic carbocycles. The average molecular weight is 314 g/mol. The predicted octanol–water partition coefficient (Wildman–Crippen LogP) is 4.47. The van der Waals surface area contributed by atoms with Gasteiger partial charge >= 0.3 is 6.18 Å². The number of anilines is 1. The molecular weight excluding hydrogens is 303 g/mol. The first-order valence-electron chi connectivity index (χ1n) is 6.18. The predicted molar refractivity (Wildman–Crippen MR) is 73.9 cm³/mol. The Kier molecular flexibility index (Phi) is 4.44. The quantitative estimate of drug-likeness (QED) is 0.493. The third-order valence-electron chi connectivity index (χ3n) is 2.87. The van der Waals surface area contributed by atoms with Gasteiger partial charge in [-0.2, -0.15) is 13.2 Å². The summed E-state index contributed by atoms with van der Waals surface area (Å²) >= 11 is 0. The molecule has 0 unspecified atom stereocenters. The van der Waals surface area contributed by atoms with Gasteiger partial charge in [-0.25, -0.2) is 8.78 Å². The lowest BCUT2D eigenvalue weighted by Gasteiger charge is -2.13. The van der Waals surface area contributed by atoms with Gasteiger partial charge in [0.2, 0.25) is 0 Å². The summed E-state index contributed by atoms with van der Waals surface area (Å²) < 4.78 is 64.6. The van der Waals surface area contributed by atoms with Crippen molar-refractivity contribution in [3.8, 4) is 0 Å². The maximum absolute atomic E-state index is 13.6. The fraction of sp³-hybridized carbons (Fsp3) is 0.133. The van der Waals surface area contributed by atoms with E-state index in [2.05, 4.69) is 10.3 Å². The van der Waals surface area contributed by atoms with Gasteiger partial charge in [0.05, 0.1) is 11.3 Å². The first-order chi connectivity index (χ1) is 10.3. The van der Waals surface area contributed by atoms with Crippen LogP contribution in [0.25, 0.3) is 0 Å². The minimum absolute atomic E-state index is 0.0385. The molecule has 0 spiro atoms. The summed E-state index contributed by atoms with van der Waals surface area (Å²) in [5, 5.41) is 2.56. The van der Waals surface area contributed by atoms with Crippen LogP contribution in [-0.4, -0.2) is 12.9 Å². The topological polar surface area (TPSA) is 24.4 Å². The van der Waals surface area contributed by atoms with E-state index in [0.717, 1.165) is 24.3 Å². The van der Waals surface area contributed by atoms with Crippen molar-refractivity contribution in [1.82, 2.24) is 0 Å².